The molecule has 0 fully saturated rings. The van der Waals surface area contributed by atoms with E-state index >= 15 is 0 Å². The van der Waals surface area contributed by atoms with Gasteiger partial charge in [-0.2, -0.15) is 0 Å². The largest absolute Gasteiger partial charge is 0.497 e. The maximum atomic E-state index is 12.6. The molecule has 0 atom stereocenters. The van der Waals surface area contributed by atoms with Crippen LogP contribution in [0.25, 0.3) is 0 Å². The molecule has 0 amide bonds. The molecule has 124 valence electrons. The highest BCUT2D eigenvalue weighted by Crippen LogP contribution is 2.33. The molecule has 23 heavy (non-hydrogen) atoms. The van der Waals surface area contributed by atoms with E-state index in [0.29, 0.717) is 22.1 Å². The van der Waals surface area contributed by atoms with E-state index in [1.165, 1.54) is 26.4 Å². The fraction of sp³-hybridized carbons (Fsp3) is 0.200. The molecule has 0 unspecified atom stereocenters. The highest BCUT2D eigenvalue weighted by molar-refractivity contribution is 7.92. The Kier molecular flexibility index (Phi) is 5.29. The van der Waals surface area contributed by atoms with E-state index in [1.54, 1.807) is 25.1 Å². The third-order valence-electron chi connectivity index (χ3n) is 3.16. The summed E-state index contributed by atoms with van der Waals surface area (Å²) in [7, 11) is -0.952. The van der Waals surface area contributed by atoms with Crippen LogP contribution in [0.5, 0.6) is 11.5 Å². The van der Waals surface area contributed by atoms with E-state index in [-0.39, 0.29) is 15.6 Å². The Bertz CT molecular complexity index is 838. The summed E-state index contributed by atoms with van der Waals surface area (Å²) in [5.74, 6) is 0.875. The second kappa shape index (κ2) is 6.86. The van der Waals surface area contributed by atoms with E-state index in [1.807, 2.05) is 0 Å². The molecule has 0 aliphatic carbocycles. The SMILES string of the molecule is COc1ccc(NS(=O)(=O)c2cc(C)c(Cl)cc2Cl)c(OC)c1. The maximum absolute atomic E-state index is 12.6. The van der Waals surface area contributed by atoms with E-state index in [9.17, 15) is 8.42 Å². The second-order valence-corrected chi connectivity index (χ2v) is 7.17. The number of anilines is 1. The van der Waals surface area contributed by atoms with Crippen molar-refractivity contribution in [2.24, 2.45) is 0 Å². The Morgan fingerprint density at radius 1 is 1.00 bits per heavy atom. The predicted octanol–water partition coefficient (Wildman–Crippen LogP) is 4.12. The molecule has 0 saturated carbocycles. The molecule has 0 aliphatic rings. The van der Waals surface area contributed by atoms with Gasteiger partial charge in [0.1, 0.15) is 16.4 Å². The molecule has 0 aromatic heterocycles. The van der Waals surface area contributed by atoms with Gasteiger partial charge in [0.25, 0.3) is 10.0 Å². The average molecular weight is 376 g/mol. The number of sulfonamides is 1. The Balaban J connectivity index is 2.45. The quantitative estimate of drug-likeness (QED) is 0.853. The standard InChI is InChI=1S/C15H15Cl2NO4S/c1-9-6-15(12(17)8-11(9)16)23(19,20)18-13-5-4-10(21-2)7-14(13)22-3/h4-8,18H,1-3H3. The molecule has 1 N–H and O–H groups in total. The highest BCUT2D eigenvalue weighted by Gasteiger charge is 2.21. The molecular formula is C15H15Cl2NO4S. The molecule has 2 rings (SSSR count). The average Bonchev–Trinajstić information content (AvgIpc) is 2.50. The van der Waals surface area contributed by atoms with Crippen molar-refractivity contribution in [3.8, 4) is 11.5 Å². The third-order valence-corrected chi connectivity index (χ3v) is 5.39. The summed E-state index contributed by atoms with van der Waals surface area (Å²) in [6.07, 6.45) is 0. The van der Waals surface area contributed by atoms with Crippen LogP contribution in [-0.2, 0) is 10.0 Å². The van der Waals surface area contributed by atoms with Crippen molar-refractivity contribution >= 4 is 38.9 Å². The normalized spacial score (nSPS) is 11.2. The minimum atomic E-state index is -3.90. The van der Waals surface area contributed by atoms with Gasteiger partial charge >= 0.3 is 0 Å². The van der Waals surface area contributed by atoms with Gasteiger partial charge in [-0.3, -0.25) is 4.72 Å². The van der Waals surface area contributed by atoms with Crippen LogP contribution in [0, 0.1) is 6.92 Å². The van der Waals surface area contributed by atoms with E-state index < -0.39 is 10.0 Å². The van der Waals surface area contributed by atoms with Crippen LogP contribution in [0.15, 0.2) is 35.2 Å². The van der Waals surface area contributed by atoms with Crippen molar-refractivity contribution in [1.29, 1.82) is 0 Å². The zero-order chi connectivity index (χ0) is 17.2. The fourth-order valence-electron chi connectivity index (χ4n) is 1.92. The molecule has 0 saturated heterocycles. The van der Waals surface area contributed by atoms with Crippen LogP contribution in [0.2, 0.25) is 10.0 Å². The Morgan fingerprint density at radius 2 is 1.70 bits per heavy atom. The molecule has 8 heteroatoms. The van der Waals surface area contributed by atoms with Crippen LogP contribution >= 0.6 is 23.2 Å². The Morgan fingerprint density at radius 3 is 2.30 bits per heavy atom. The zero-order valence-electron chi connectivity index (χ0n) is 12.7. The van der Waals surface area contributed by atoms with Crippen molar-refractivity contribution in [1.82, 2.24) is 0 Å². The summed E-state index contributed by atoms with van der Waals surface area (Å²) in [5.41, 5.74) is 0.884. The first-order valence-electron chi connectivity index (χ1n) is 6.49. The number of nitrogens with one attached hydrogen (secondary N) is 1. The number of halogens is 2. The number of methoxy groups -OCH3 is 2. The minimum Gasteiger partial charge on any atom is -0.497 e. The highest BCUT2D eigenvalue weighted by atomic mass is 35.5. The minimum absolute atomic E-state index is 0.0422. The van der Waals surface area contributed by atoms with E-state index in [0.717, 1.165) is 0 Å². The number of benzene rings is 2. The lowest BCUT2D eigenvalue weighted by molar-refractivity contribution is 0.395. The predicted molar refractivity (Wildman–Crippen MR) is 91.6 cm³/mol. The van der Waals surface area contributed by atoms with Crippen LogP contribution in [0.1, 0.15) is 5.56 Å². The molecule has 2 aromatic rings. The number of rotatable bonds is 5. The molecule has 0 bridgehead atoms. The number of hydrogen-bond acceptors (Lipinski definition) is 4. The van der Waals surface area contributed by atoms with Crippen molar-refractivity contribution in [3.05, 3.63) is 45.9 Å². The van der Waals surface area contributed by atoms with Crippen LogP contribution < -0.4 is 14.2 Å². The molecule has 0 aliphatic heterocycles. The lowest BCUT2D eigenvalue weighted by Crippen LogP contribution is -2.14. The maximum Gasteiger partial charge on any atom is 0.263 e. The summed E-state index contributed by atoms with van der Waals surface area (Å²) in [4.78, 5) is -0.0565. The second-order valence-electron chi connectivity index (χ2n) is 4.70. The van der Waals surface area contributed by atoms with Gasteiger partial charge in [-0.15, -0.1) is 0 Å². The van der Waals surface area contributed by atoms with Crippen molar-refractivity contribution in [2.45, 2.75) is 11.8 Å². The van der Waals surface area contributed by atoms with E-state index in [4.69, 9.17) is 32.7 Å². The van der Waals surface area contributed by atoms with Crippen molar-refractivity contribution < 1.29 is 17.9 Å². The van der Waals surface area contributed by atoms with Crippen molar-refractivity contribution in [3.63, 3.8) is 0 Å². The van der Waals surface area contributed by atoms with E-state index in [2.05, 4.69) is 4.72 Å². The van der Waals surface area contributed by atoms with Gasteiger partial charge in [0.15, 0.2) is 0 Å². The molecule has 0 radical (unpaired) electrons. The first-order valence-corrected chi connectivity index (χ1v) is 8.73. The summed E-state index contributed by atoms with van der Waals surface area (Å²) in [5, 5.41) is 0.441. The summed E-state index contributed by atoms with van der Waals surface area (Å²) in [6, 6.07) is 7.56. The zero-order valence-corrected chi connectivity index (χ0v) is 15.0. The molecule has 0 spiro atoms. The lowest BCUT2D eigenvalue weighted by atomic mass is 10.2. The number of hydrogen-bond donors (Lipinski definition) is 1. The number of ether oxygens (including phenoxy) is 2. The number of aryl methyl sites for hydroxylation is 1. The van der Waals surface area contributed by atoms with Crippen LogP contribution in [-0.4, -0.2) is 22.6 Å². The first-order chi connectivity index (χ1) is 10.8. The third kappa shape index (κ3) is 3.83. The topological polar surface area (TPSA) is 64.6 Å². The Labute approximate surface area is 145 Å². The van der Waals surface area contributed by atoms with Crippen LogP contribution in [0.4, 0.5) is 5.69 Å². The molecule has 0 heterocycles. The molecule has 5 nitrogen and oxygen atoms in total. The lowest BCUT2D eigenvalue weighted by Gasteiger charge is -2.14. The molecular weight excluding hydrogens is 361 g/mol. The summed E-state index contributed by atoms with van der Waals surface area (Å²) >= 11 is 12.0. The van der Waals surface area contributed by atoms with Gasteiger partial charge in [-0.05, 0) is 36.8 Å². The van der Waals surface area contributed by atoms with Gasteiger partial charge in [-0.25, -0.2) is 8.42 Å². The van der Waals surface area contributed by atoms with Gasteiger partial charge in [0.05, 0.1) is 24.9 Å². The van der Waals surface area contributed by atoms with Gasteiger partial charge in [0, 0.05) is 11.1 Å². The Hall–Kier alpha value is -1.63. The molecule has 2 aromatic carbocycles. The van der Waals surface area contributed by atoms with Gasteiger partial charge < -0.3 is 9.47 Å². The smallest absolute Gasteiger partial charge is 0.263 e. The summed E-state index contributed by atoms with van der Waals surface area (Å²) < 4.78 is 37.9. The van der Waals surface area contributed by atoms with Crippen LogP contribution in [0.3, 0.4) is 0 Å². The summed E-state index contributed by atoms with van der Waals surface area (Å²) in [6.45, 7) is 1.70. The van der Waals surface area contributed by atoms with Crippen molar-refractivity contribution in [2.75, 3.05) is 18.9 Å². The van der Waals surface area contributed by atoms with Gasteiger partial charge in [0.2, 0.25) is 0 Å². The first kappa shape index (κ1) is 17.7. The fourth-order valence-corrected chi connectivity index (χ4v) is 3.82. The van der Waals surface area contributed by atoms with Gasteiger partial charge in [-0.1, -0.05) is 23.2 Å². The monoisotopic (exact) mass is 375 g/mol.